The van der Waals surface area contributed by atoms with Gasteiger partial charge in [0.1, 0.15) is 12.1 Å². The minimum atomic E-state index is -0.700. The Morgan fingerprint density at radius 3 is 2.67 bits per heavy atom. The fourth-order valence-corrected chi connectivity index (χ4v) is 2.40. The number of ether oxygens (including phenoxy) is 1. The van der Waals surface area contributed by atoms with E-state index >= 15 is 0 Å². The van der Waals surface area contributed by atoms with Crippen LogP contribution < -0.4 is 10.5 Å². The van der Waals surface area contributed by atoms with Gasteiger partial charge in [0, 0.05) is 35.6 Å². The molecule has 0 unspecified atom stereocenters. The summed E-state index contributed by atoms with van der Waals surface area (Å²) in [6.07, 6.45) is 19.5. The average molecular weight is 397 g/mol. The van der Waals surface area contributed by atoms with Gasteiger partial charge in [0.05, 0.1) is 11.8 Å². The Bertz CT molecular complexity index is 1150. The largest absolute Gasteiger partial charge is 0.446 e. The first-order chi connectivity index (χ1) is 14.7. The van der Waals surface area contributed by atoms with E-state index in [-0.39, 0.29) is 5.71 Å². The van der Waals surface area contributed by atoms with Crippen LogP contribution in [0.15, 0.2) is 100 Å². The van der Waals surface area contributed by atoms with E-state index in [4.69, 9.17) is 10.5 Å². The number of carbonyl (C=O) groups is 1. The van der Waals surface area contributed by atoms with Crippen LogP contribution in [0.5, 0.6) is 5.88 Å². The van der Waals surface area contributed by atoms with Crippen molar-refractivity contribution in [1.82, 2.24) is 4.98 Å². The molecule has 0 bridgehead atoms. The van der Waals surface area contributed by atoms with Crippen molar-refractivity contribution < 1.29 is 9.53 Å². The molecule has 0 spiro atoms. The predicted molar refractivity (Wildman–Crippen MR) is 122 cm³/mol. The van der Waals surface area contributed by atoms with E-state index in [0.29, 0.717) is 5.88 Å². The fraction of sp³-hybridized carbons (Fsp3) is 0. The Labute approximate surface area is 173 Å². The second kappa shape index (κ2) is 10.8. The van der Waals surface area contributed by atoms with E-state index in [2.05, 4.69) is 20.0 Å². The molecule has 0 saturated carbocycles. The molecule has 0 atom stereocenters. The number of primary amides is 1. The number of fused-ring (bicyclic) bond motifs is 2. The van der Waals surface area contributed by atoms with Crippen molar-refractivity contribution >= 4 is 41.2 Å². The van der Waals surface area contributed by atoms with Gasteiger partial charge in [0.25, 0.3) is 5.91 Å². The van der Waals surface area contributed by atoms with Crippen LogP contribution in [0.25, 0.3) is 17.0 Å². The SMILES string of the molecule is NC(=O)C1=N/C=C\N=CN=C\C=C/C=C\C=C/c2cc3ccccc3nc2O/C=C\1. The van der Waals surface area contributed by atoms with Crippen molar-refractivity contribution in [1.29, 1.82) is 0 Å². The molecule has 1 aromatic heterocycles. The lowest BCUT2D eigenvalue weighted by molar-refractivity contribution is -0.111. The van der Waals surface area contributed by atoms with E-state index in [0.717, 1.165) is 16.5 Å². The van der Waals surface area contributed by atoms with Crippen molar-refractivity contribution in [3.05, 3.63) is 91.0 Å². The van der Waals surface area contributed by atoms with Gasteiger partial charge in [-0.3, -0.25) is 4.79 Å². The van der Waals surface area contributed by atoms with Crippen molar-refractivity contribution in [3.8, 4) is 5.88 Å². The van der Waals surface area contributed by atoms with Gasteiger partial charge < -0.3 is 10.5 Å². The summed E-state index contributed by atoms with van der Waals surface area (Å²) in [4.78, 5) is 28.0. The number of aliphatic imine (C=N–C) groups is 3. The Morgan fingerprint density at radius 2 is 1.77 bits per heavy atom. The average Bonchev–Trinajstić information content (AvgIpc) is 2.75. The number of amides is 1. The van der Waals surface area contributed by atoms with Gasteiger partial charge in [-0.1, -0.05) is 42.5 Å². The molecule has 0 radical (unpaired) electrons. The number of rotatable bonds is 1. The van der Waals surface area contributed by atoms with Crippen LogP contribution in [0.3, 0.4) is 0 Å². The van der Waals surface area contributed by atoms with Crippen LogP contribution in [0, 0.1) is 0 Å². The van der Waals surface area contributed by atoms with Crippen molar-refractivity contribution in [3.63, 3.8) is 0 Å². The maximum Gasteiger partial charge on any atom is 0.267 e. The lowest BCUT2D eigenvalue weighted by Crippen LogP contribution is -2.21. The third-order valence-corrected chi connectivity index (χ3v) is 3.77. The zero-order valence-electron chi connectivity index (χ0n) is 16.0. The molecule has 1 aliphatic rings. The molecule has 30 heavy (non-hydrogen) atoms. The first kappa shape index (κ1) is 20.3. The number of aromatic nitrogens is 1. The summed E-state index contributed by atoms with van der Waals surface area (Å²) in [6, 6.07) is 9.70. The molecule has 1 amide bonds. The topological polar surface area (TPSA) is 102 Å². The van der Waals surface area contributed by atoms with Crippen molar-refractivity contribution in [2.24, 2.45) is 20.7 Å². The molecule has 0 fully saturated rings. The van der Waals surface area contributed by atoms with E-state index in [1.807, 2.05) is 60.7 Å². The number of hydrogen-bond acceptors (Lipinski definition) is 6. The summed E-state index contributed by atoms with van der Waals surface area (Å²) in [6.45, 7) is 0. The highest BCUT2D eigenvalue weighted by Crippen LogP contribution is 2.24. The van der Waals surface area contributed by atoms with Crippen LogP contribution in [-0.2, 0) is 4.79 Å². The molecule has 148 valence electrons. The molecule has 1 aromatic carbocycles. The lowest BCUT2D eigenvalue weighted by atomic mass is 10.1. The second-order valence-electron chi connectivity index (χ2n) is 5.86. The van der Waals surface area contributed by atoms with E-state index in [1.165, 1.54) is 31.1 Å². The highest BCUT2D eigenvalue weighted by molar-refractivity contribution is 6.42. The Balaban J connectivity index is 2.00. The third-order valence-electron chi connectivity index (χ3n) is 3.77. The van der Waals surface area contributed by atoms with Gasteiger partial charge in [-0.15, -0.1) is 0 Å². The van der Waals surface area contributed by atoms with Crippen molar-refractivity contribution in [2.75, 3.05) is 0 Å². The molecule has 2 heterocycles. The molecule has 7 nitrogen and oxygen atoms in total. The van der Waals surface area contributed by atoms with Crippen LogP contribution in [0.1, 0.15) is 5.56 Å². The summed E-state index contributed by atoms with van der Waals surface area (Å²) in [5.74, 6) is -0.312. The summed E-state index contributed by atoms with van der Waals surface area (Å²) >= 11 is 0. The number of nitrogens with zero attached hydrogens (tertiary/aromatic N) is 4. The minimum absolute atomic E-state index is 0.00613. The van der Waals surface area contributed by atoms with Gasteiger partial charge >= 0.3 is 0 Å². The van der Waals surface area contributed by atoms with Crippen LogP contribution >= 0.6 is 0 Å². The molecular weight excluding hydrogens is 378 g/mol. The van der Waals surface area contributed by atoms with Crippen LogP contribution in [0.2, 0.25) is 0 Å². The molecular formula is C23H19N5O2. The van der Waals surface area contributed by atoms with Gasteiger partial charge in [-0.05, 0) is 24.3 Å². The zero-order valence-corrected chi connectivity index (χ0v) is 16.0. The van der Waals surface area contributed by atoms with E-state index < -0.39 is 5.91 Å². The number of para-hydroxylation sites is 1. The lowest BCUT2D eigenvalue weighted by Gasteiger charge is -2.06. The van der Waals surface area contributed by atoms with Gasteiger partial charge in [-0.2, -0.15) is 0 Å². The van der Waals surface area contributed by atoms with Crippen LogP contribution in [0.4, 0.5) is 0 Å². The molecule has 0 aliphatic carbocycles. The predicted octanol–water partition coefficient (Wildman–Crippen LogP) is 3.76. The number of benzene rings is 1. The normalized spacial score (nSPS) is 21.5. The molecule has 1 aliphatic heterocycles. The monoisotopic (exact) mass is 397 g/mol. The van der Waals surface area contributed by atoms with E-state index in [1.54, 1.807) is 12.3 Å². The number of nitrogens with two attached hydrogens (primary N) is 1. The smallest absolute Gasteiger partial charge is 0.267 e. The third kappa shape index (κ3) is 6.07. The summed E-state index contributed by atoms with van der Waals surface area (Å²) in [5.41, 5.74) is 6.93. The summed E-state index contributed by atoms with van der Waals surface area (Å²) in [5, 5.41) is 0.983. The maximum absolute atomic E-state index is 11.6. The maximum atomic E-state index is 11.6. The minimum Gasteiger partial charge on any atom is -0.446 e. The number of carbonyl (C=O) groups excluding carboxylic acids is 1. The van der Waals surface area contributed by atoms with Crippen molar-refractivity contribution in [2.45, 2.75) is 0 Å². The first-order valence-corrected chi connectivity index (χ1v) is 9.04. The van der Waals surface area contributed by atoms with E-state index in [9.17, 15) is 4.79 Å². The van der Waals surface area contributed by atoms with Gasteiger partial charge in [0.15, 0.2) is 0 Å². The molecule has 0 saturated heterocycles. The summed E-state index contributed by atoms with van der Waals surface area (Å²) < 4.78 is 5.70. The summed E-state index contributed by atoms with van der Waals surface area (Å²) in [7, 11) is 0. The Kier molecular flexibility index (Phi) is 7.34. The second-order valence-corrected chi connectivity index (χ2v) is 5.86. The Hall–Kier alpha value is -4.39. The van der Waals surface area contributed by atoms with Gasteiger partial charge in [-0.25, -0.2) is 20.0 Å². The number of allylic oxidation sites excluding steroid dienone is 5. The molecule has 7 heteroatoms. The van der Waals surface area contributed by atoms with Crippen LogP contribution in [-0.4, -0.2) is 29.2 Å². The zero-order chi connectivity index (χ0) is 21.0. The fourth-order valence-electron chi connectivity index (χ4n) is 2.40. The molecule has 2 aromatic rings. The quantitative estimate of drug-likeness (QED) is 0.792. The number of pyridine rings is 1. The highest BCUT2D eigenvalue weighted by atomic mass is 16.5. The highest BCUT2D eigenvalue weighted by Gasteiger charge is 2.06. The molecule has 3 rings (SSSR count). The molecule has 2 N–H and O–H groups in total. The first-order valence-electron chi connectivity index (χ1n) is 9.04. The number of hydrogen-bond donors (Lipinski definition) is 1. The van der Waals surface area contributed by atoms with Gasteiger partial charge in [0.2, 0.25) is 5.88 Å². The Morgan fingerprint density at radius 1 is 0.933 bits per heavy atom. The standard InChI is InChI=1S/C23H19N5O2/c24-22(29)21-11-15-30-23-19(16-18-8-5-6-10-20(18)28-23)9-4-2-1-3-7-12-25-17-26-13-14-27-21/h1-17H,(H2,24,29)/b2-1-,7-3-,9-4-,14-13-,15-11-,25-12?,26-17?,27-21+.